The summed E-state index contributed by atoms with van der Waals surface area (Å²) >= 11 is 5.95. The van der Waals surface area contributed by atoms with E-state index in [1.165, 1.54) is 12.1 Å². The van der Waals surface area contributed by atoms with Gasteiger partial charge in [0, 0.05) is 18.7 Å². The van der Waals surface area contributed by atoms with Crippen molar-refractivity contribution in [1.82, 2.24) is 5.32 Å². The smallest absolute Gasteiger partial charge is 0.270 e. The molecule has 0 fully saturated rings. The fourth-order valence-electron chi connectivity index (χ4n) is 2.62. The number of amides is 1. The van der Waals surface area contributed by atoms with Crippen molar-refractivity contribution in [1.29, 1.82) is 0 Å². The first-order valence-electron chi connectivity index (χ1n) is 7.84. The first kappa shape index (κ1) is 17.8. The number of carbonyl (C=O) groups is 1. The molecule has 3 aromatic carbocycles. The lowest BCUT2D eigenvalue weighted by atomic mass is 10.0. The number of halogens is 1. The zero-order valence-corrected chi connectivity index (χ0v) is 14.3. The monoisotopic (exact) mass is 370 g/mol. The minimum atomic E-state index is -0.916. The van der Waals surface area contributed by atoms with Crippen LogP contribution in [0.15, 0.2) is 60.7 Å². The molecule has 0 saturated heterocycles. The summed E-state index contributed by atoms with van der Waals surface area (Å²) in [4.78, 5) is 22.5. The molecule has 2 N–H and O–H groups in total. The average Bonchev–Trinajstić information content (AvgIpc) is 2.65. The van der Waals surface area contributed by atoms with E-state index in [0.717, 1.165) is 16.8 Å². The van der Waals surface area contributed by atoms with Crippen molar-refractivity contribution in [2.75, 3.05) is 6.54 Å². The van der Waals surface area contributed by atoms with E-state index >= 15 is 0 Å². The fourth-order valence-corrected chi connectivity index (χ4v) is 2.82. The predicted octanol–water partition coefficient (Wildman–Crippen LogP) is 3.86. The Bertz CT molecular complexity index is 990. The molecule has 132 valence electrons. The van der Waals surface area contributed by atoms with Crippen molar-refractivity contribution in [2.45, 2.75) is 6.10 Å². The molecule has 6 nitrogen and oxygen atoms in total. The molecule has 0 aromatic heterocycles. The summed E-state index contributed by atoms with van der Waals surface area (Å²) in [6.07, 6.45) is -0.916. The summed E-state index contributed by atoms with van der Waals surface area (Å²) in [7, 11) is 0. The van der Waals surface area contributed by atoms with Gasteiger partial charge in [0.2, 0.25) is 0 Å². The summed E-state index contributed by atoms with van der Waals surface area (Å²) in [5.74, 6) is -0.585. The van der Waals surface area contributed by atoms with Gasteiger partial charge in [0.1, 0.15) is 0 Å². The number of hydrogen-bond donors (Lipinski definition) is 2. The van der Waals surface area contributed by atoms with E-state index in [9.17, 15) is 20.0 Å². The predicted molar refractivity (Wildman–Crippen MR) is 99.3 cm³/mol. The maximum absolute atomic E-state index is 12.3. The number of non-ortho nitro benzene ring substituents is 1. The molecular formula is C19H15ClN2O4. The van der Waals surface area contributed by atoms with Crippen LogP contribution in [0.5, 0.6) is 0 Å². The van der Waals surface area contributed by atoms with Crippen molar-refractivity contribution < 1.29 is 14.8 Å². The first-order valence-corrected chi connectivity index (χ1v) is 8.22. The van der Waals surface area contributed by atoms with Gasteiger partial charge in [0.05, 0.1) is 21.6 Å². The summed E-state index contributed by atoms with van der Waals surface area (Å²) in [6.45, 7) is -0.0454. The van der Waals surface area contributed by atoms with Crippen LogP contribution in [0.25, 0.3) is 10.8 Å². The molecular weight excluding hydrogens is 356 g/mol. The van der Waals surface area contributed by atoms with Crippen LogP contribution in [-0.4, -0.2) is 22.5 Å². The molecule has 26 heavy (non-hydrogen) atoms. The van der Waals surface area contributed by atoms with Crippen molar-refractivity contribution >= 4 is 34.0 Å². The minimum absolute atomic E-state index is 0.00780. The summed E-state index contributed by atoms with van der Waals surface area (Å²) in [5, 5.41) is 25.9. The van der Waals surface area contributed by atoms with E-state index in [2.05, 4.69) is 5.32 Å². The molecule has 1 atom stereocenters. The van der Waals surface area contributed by atoms with Crippen LogP contribution in [0.1, 0.15) is 22.0 Å². The van der Waals surface area contributed by atoms with Crippen LogP contribution in [0, 0.1) is 10.1 Å². The van der Waals surface area contributed by atoms with E-state index in [1.54, 1.807) is 6.07 Å². The number of nitro groups is 1. The summed E-state index contributed by atoms with van der Waals surface area (Å²) in [6, 6.07) is 16.9. The third-order valence-electron chi connectivity index (χ3n) is 4.02. The van der Waals surface area contributed by atoms with Crippen molar-refractivity contribution in [3.05, 3.63) is 86.9 Å². The third-order valence-corrected chi connectivity index (χ3v) is 4.35. The van der Waals surface area contributed by atoms with Crippen molar-refractivity contribution in [3.8, 4) is 0 Å². The molecule has 1 amide bonds. The normalized spacial score (nSPS) is 11.9. The molecule has 0 heterocycles. The quantitative estimate of drug-likeness (QED) is 0.526. The lowest BCUT2D eigenvalue weighted by Gasteiger charge is -2.13. The van der Waals surface area contributed by atoms with E-state index < -0.39 is 16.9 Å². The maximum atomic E-state index is 12.3. The molecule has 0 radical (unpaired) electrons. The van der Waals surface area contributed by atoms with Crippen LogP contribution in [-0.2, 0) is 0 Å². The molecule has 3 rings (SSSR count). The largest absolute Gasteiger partial charge is 0.387 e. The van der Waals surface area contributed by atoms with Crippen molar-refractivity contribution in [2.24, 2.45) is 0 Å². The highest BCUT2D eigenvalue weighted by Crippen LogP contribution is 2.23. The number of aliphatic hydroxyl groups excluding tert-OH is 1. The Morgan fingerprint density at radius 3 is 2.58 bits per heavy atom. The lowest BCUT2D eigenvalue weighted by molar-refractivity contribution is -0.384. The van der Waals surface area contributed by atoms with E-state index in [-0.39, 0.29) is 22.8 Å². The summed E-state index contributed by atoms with van der Waals surface area (Å²) in [5.41, 5.74) is 0.426. The Morgan fingerprint density at radius 1 is 1.12 bits per heavy atom. The first-order chi connectivity index (χ1) is 12.5. The number of nitrogens with zero attached hydrogens (tertiary/aromatic N) is 1. The van der Waals surface area contributed by atoms with Gasteiger partial charge in [-0.05, 0) is 28.5 Å². The highest BCUT2D eigenvalue weighted by molar-refractivity contribution is 6.33. The van der Waals surface area contributed by atoms with Gasteiger partial charge in [-0.15, -0.1) is 0 Å². The fraction of sp³-hybridized carbons (Fsp3) is 0.105. The third kappa shape index (κ3) is 3.82. The van der Waals surface area contributed by atoms with Gasteiger partial charge in [0.25, 0.3) is 11.6 Å². The number of aliphatic hydroxyl groups is 1. The lowest BCUT2D eigenvalue weighted by Crippen LogP contribution is -2.28. The van der Waals surface area contributed by atoms with Gasteiger partial charge in [0.15, 0.2) is 0 Å². The Morgan fingerprint density at radius 2 is 1.85 bits per heavy atom. The number of carbonyl (C=O) groups excluding carboxylic acids is 1. The van der Waals surface area contributed by atoms with Gasteiger partial charge in [-0.3, -0.25) is 14.9 Å². The van der Waals surface area contributed by atoms with Gasteiger partial charge < -0.3 is 10.4 Å². The number of nitro benzene ring substituents is 1. The summed E-state index contributed by atoms with van der Waals surface area (Å²) < 4.78 is 0. The van der Waals surface area contributed by atoms with Crippen LogP contribution >= 0.6 is 11.6 Å². The second-order valence-corrected chi connectivity index (χ2v) is 6.16. The standard InChI is InChI=1S/C19H15ClN2O4/c20-17-8-7-15(22(25)26)10-16(17)19(24)21-11-18(23)14-6-5-12-3-1-2-4-13(12)9-14/h1-10,18,23H,11H2,(H,21,24). The zero-order chi connectivity index (χ0) is 18.7. The molecule has 7 heteroatoms. The second kappa shape index (κ2) is 7.51. The zero-order valence-electron chi connectivity index (χ0n) is 13.6. The Hall–Kier alpha value is -2.96. The van der Waals surface area contributed by atoms with Gasteiger partial charge in [-0.25, -0.2) is 0 Å². The Balaban J connectivity index is 1.72. The van der Waals surface area contributed by atoms with Crippen molar-refractivity contribution in [3.63, 3.8) is 0 Å². The topological polar surface area (TPSA) is 92.5 Å². The molecule has 0 aliphatic heterocycles. The highest BCUT2D eigenvalue weighted by Gasteiger charge is 2.17. The molecule has 3 aromatic rings. The van der Waals surface area contributed by atoms with E-state index in [4.69, 9.17) is 11.6 Å². The van der Waals surface area contributed by atoms with Crippen LogP contribution in [0.2, 0.25) is 5.02 Å². The number of nitrogens with one attached hydrogen (secondary N) is 1. The van der Waals surface area contributed by atoms with E-state index in [1.807, 2.05) is 36.4 Å². The minimum Gasteiger partial charge on any atom is -0.387 e. The highest BCUT2D eigenvalue weighted by atomic mass is 35.5. The molecule has 0 aliphatic carbocycles. The molecule has 1 unspecified atom stereocenters. The van der Waals surface area contributed by atoms with Gasteiger partial charge >= 0.3 is 0 Å². The Kier molecular flexibility index (Phi) is 5.16. The number of hydrogen-bond acceptors (Lipinski definition) is 4. The molecule has 0 spiro atoms. The Labute approximate surface area is 154 Å². The maximum Gasteiger partial charge on any atom is 0.270 e. The number of rotatable bonds is 5. The molecule has 0 bridgehead atoms. The van der Waals surface area contributed by atoms with E-state index in [0.29, 0.717) is 5.56 Å². The van der Waals surface area contributed by atoms with Gasteiger partial charge in [-0.2, -0.15) is 0 Å². The number of benzene rings is 3. The molecule has 0 saturated carbocycles. The SMILES string of the molecule is O=C(NCC(O)c1ccc2ccccc2c1)c1cc([N+](=O)[O-])ccc1Cl. The number of fused-ring (bicyclic) bond motifs is 1. The van der Waals surface area contributed by atoms with Gasteiger partial charge in [-0.1, -0.05) is 48.0 Å². The average molecular weight is 371 g/mol. The second-order valence-electron chi connectivity index (χ2n) is 5.75. The van der Waals surface area contributed by atoms with Crippen LogP contribution in [0.4, 0.5) is 5.69 Å². The molecule has 0 aliphatic rings. The van der Waals surface area contributed by atoms with Crippen LogP contribution < -0.4 is 5.32 Å². The van der Waals surface area contributed by atoms with Crippen LogP contribution in [0.3, 0.4) is 0 Å².